The number of nitrogens with one attached hydrogen (secondary N) is 2. The van der Waals surface area contributed by atoms with Gasteiger partial charge in [-0.2, -0.15) is 0 Å². The van der Waals surface area contributed by atoms with Crippen LogP contribution in [0.5, 0.6) is 0 Å². The number of benzene rings is 2. The number of hydrazine groups is 2. The van der Waals surface area contributed by atoms with Crippen molar-refractivity contribution in [1.82, 2.24) is 25.8 Å². The summed E-state index contributed by atoms with van der Waals surface area (Å²) in [5.41, 5.74) is 5.43. The molecular formula is C16H16ClN7O4. The van der Waals surface area contributed by atoms with Gasteiger partial charge in [0.05, 0.1) is 5.52 Å². The highest BCUT2D eigenvalue weighted by atomic mass is 35.5. The third-order valence-corrected chi connectivity index (χ3v) is 4.18. The minimum absolute atomic E-state index is 0.276. The van der Waals surface area contributed by atoms with Gasteiger partial charge >= 0.3 is 18.0 Å². The van der Waals surface area contributed by atoms with Crippen molar-refractivity contribution in [2.75, 3.05) is 0 Å². The number of carbonyl (C=O) groups excluding carboxylic acids is 2. The van der Waals surface area contributed by atoms with E-state index in [0.717, 1.165) is 0 Å². The molecule has 146 valence electrons. The minimum Gasteiger partial charge on any atom is -0.396 e. The molecule has 0 aliphatic carbocycles. The van der Waals surface area contributed by atoms with Gasteiger partial charge in [0.25, 0.3) is 0 Å². The molecule has 11 nitrogen and oxygen atoms in total. The minimum atomic E-state index is -2.03. The van der Waals surface area contributed by atoms with Crippen molar-refractivity contribution in [2.24, 2.45) is 18.7 Å². The first kappa shape index (κ1) is 19.4. The number of aryl methyl sites for hydroxylation is 1. The summed E-state index contributed by atoms with van der Waals surface area (Å²) >= 11 is 5.96. The molecule has 12 heteroatoms. The van der Waals surface area contributed by atoms with Crippen LogP contribution in [0, 0.1) is 0 Å². The Kier molecular flexibility index (Phi) is 5.31. The molecule has 1 heterocycles. The Balaban J connectivity index is 2.27. The summed E-state index contributed by atoms with van der Waals surface area (Å²) in [4.78, 5) is 24.1. The van der Waals surface area contributed by atoms with Crippen molar-refractivity contribution in [2.45, 2.75) is 5.79 Å². The van der Waals surface area contributed by atoms with Crippen LogP contribution >= 0.6 is 11.6 Å². The van der Waals surface area contributed by atoms with Gasteiger partial charge in [-0.15, -0.1) is 5.10 Å². The molecule has 3 aromatic rings. The number of rotatable bonds is 4. The lowest BCUT2D eigenvalue weighted by atomic mass is 9.96. The van der Waals surface area contributed by atoms with E-state index in [2.05, 4.69) is 10.3 Å². The number of hydrogen-bond donors (Lipinski definition) is 4. The van der Waals surface area contributed by atoms with E-state index in [1.807, 2.05) is 10.9 Å². The molecule has 0 spiro atoms. The summed E-state index contributed by atoms with van der Waals surface area (Å²) < 4.78 is 12.4. The van der Waals surface area contributed by atoms with Crippen LogP contribution in [-0.4, -0.2) is 27.2 Å². The Bertz CT molecular complexity index is 1000. The van der Waals surface area contributed by atoms with E-state index in [1.165, 1.54) is 16.8 Å². The first-order chi connectivity index (χ1) is 13.4. The van der Waals surface area contributed by atoms with Gasteiger partial charge in [-0.1, -0.05) is 16.8 Å². The molecule has 0 unspecified atom stereocenters. The smallest absolute Gasteiger partial charge is 0.396 e. The van der Waals surface area contributed by atoms with Gasteiger partial charge in [-0.25, -0.2) is 26.0 Å². The third-order valence-electron chi connectivity index (χ3n) is 3.92. The molecule has 2 aromatic carbocycles. The fraction of sp³-hybridized carbons (Fsp3) is 0.125. The van der Waals surface area contributed by atoms with E-state index >= 15 is 0 Å². The third kappa shape index (κ3) is 3.53. The summed E-state index contributed by atoms with van der Waals surface area (Å²) in [6.07, 6.45) is -2.11. The maximum Gasteiger partial charge on any atom is 0.425 e. The van der Waals surface area contributed by atoms with Crippen LogP contribution in [0.25, 0.3) is 11.0 Å². The summed E-state index contributed by atoms with van der Waals surface area (Å²) in [7, 11) is 1.68. The van der Waals surface area contributed by atoms with E-state index in [1.54, 1.807) is 37.4 Å². The predicted octanol–water partition coefficient (Wildman–Crippen LogP) is 1.02. The van der Waals surface area contributed by atoms with Gasteiger partial charge in [-0.05, 0) is 42.5 Å². The average molecular weight is 406 g/mol. The Labute approximate surface area is 163 Å². The molecule has 0 saturated heterocycles. The van der Waals surface area contributed by atoms with E-state index < -0.39 is 18.0 Å². The zero-order valence-corrected chi connectivity index (χ0v) is 15.3. The Morgan fingerprint density at radius 3 is 2.18 bits per heavy atom. The summed E-state index contributed by atoms with van der Waals surface area (Å²) in [6, 6.07) is 11.0. The number of carbonyl (C=O) groups is 2. The van der Waals surface area contributed by atoms with Gasteiger partial charge in [0.2, 0.25) is 0 Å². The van der Waals surface area contributed by atoms with Gasteiger partial charge in [0.15, 0.2) is 0 Å². The molecule has 28 heavy (non-hydrogen) atoms. The van der Waals surface area contributed by atoms with Crippen LogP contribution in [0.15, 0.2) is 42.5 Å². The number of amides is 2. The Hall–Kier alpha value is -3.41. The molecule has 0 aliphatic rings. The monoisotopic (exact) mass is 405 g/mol. The summed E-state index contributed by atoms with van der Waals surface area (Å²) in [6.45, 7) is 0. The van der Waals surface area contributed by atoms with Crippen LogP contribution in [0.4, 0.5) is 9.59 Å². The standard InChI is InChI=1S/C16H16ClN7O4/c1-24-13-8-10(4-7-12(13)22-23-24)16(27-14(25)20-18,28-15(26)21-19)9-2-5-11(17)6-3-9/h2-8H,18-19H2,1H3,(H,20,25)(H,21,26). The second kappa shape index (κ2) is 7.68. The maximum absolute atomic E-state index is 12.0. The largest absolute Gasteiger partial charge is 0.425 e. The second-order valence-corrected chi connectivity index (χ2v) is 6.04. The van der Waals surface area contributed by atoms with Crippen molar-refractivity contribution in [3.8, 4) is 0 Å². The zero-order chi connectivity index (χ0) is 20.3. The molecule has 0 bridgehead atoms. The average Bonchev–Trinajstić information content (AvgIpc) is 3.08. The summed E-state index contributed by atoms with van der Waals surface area (Å²) in [5, 5.41) is 8.35. The van der Waals surface area contributed by atoms with Crippen molar-refractivity contribution >= 4 is 34.8 Å². The molecule has 3 rings (SSSR count). The Morgan fingerprint density at radius 2 is 1.61 bits per heavy atom. The molecule has 2 amide bonds. The van der Waals surface area contributed by atoms with E-state index in [4.69, 9.17) is 32.8 Å². The number of nitrogens with zero attached hydrogens (tertiary/aromatic N) is 3. The lowest BCUT2D eigenvalue weighted by Gasteiger charge is -2.33. The topological polar surface area (TPSA) is 159 Å². The highest BCUT2D eigenvalue weighted by Crippen LogP contribution is 2.37. The summed E-state index contributed by atoms with van der Waals surface area (Å²) in [5.74, 6) is 8.31. The van der Waals surface area contributed by atoms with E-state index in [0.29, 0.717) is 16.1 Å². The molecule has 6 N–H and O–H groups in total. The number of aromatic nitrogens is 3. The van der Waals surface area contributed by atoms with Crippen molar-refractivity contribution in [3.05, 3.63) is 58.6 Å². The van der Waals surface area contributed by atoms with Crippen LogP contribution in [0.3, 0.4) is 0 Å². The first-order valence-electron chi connectivity index (χ1n) is 7.84. The lowest BCUT2D eigenvalue weighted by molar-refractivity contribution is -0.138. The Morgan fingerprint density at radius 1 is 1.04 bits per heavy atom. The number of halogens is 1. The van der Waals surface area contributed by atoms with Gasteiger partial charge in [0, 0.05) is 23.2 Å². The van der Waals surface area contributed by atoms with E-state index in [-0.39, 0.29) is 11.1 Å². The van der Waals surface area contributed by atoms with Crippen LogP contribution in [0.1, 0.15) is 11.1 Å². The molecular weight excluding hydrogens is 390 g/mol. The molecule has 0 radical (unpaired) electrons. The number of nitrogens with two attached hydrogens (primary N) is 2. The van der Waals surface area contributed by atoms with E-state index in [9.17, 15) is 9.59 Å². The predicted molar refractivity (Wildman–Crippen MR) is 98.3 cm³/mol. The maximum atomic E-state index is 12.0. The highest BCUT2D eigenvalue weighted by Gasteiger charge is 2.43. The quantitative estimate of drug-likeness (QED) is 0.216. The fourth-order valence-corrected chi connectivity index (χ4v) is 2.77. The van der Waals surface area contributed by atoms with Gasteiger partial charge in [-0.3, -0.25) is 10.9 Å². The molecule has 0 aliphatic heterocycles. The normalized spacial score (nSPS) is 11.1. The molecule has 0 atom stereocenters. The number of hydrogen-bond acceptors (Lipinski definition) is 8. The lowest BCUT2D eigenvalue weighted by Crippen LogP contribution is -2.46. The van der Waals surface area contributed by atoms with Crippen molar-refractivity contribution in [1.29, 1.82) is 0 Å². The first-order valence-corrected chi connectivity index (χ1v) is 8.22. The molecule has 1 aromatic heterocycles. The van der Waals surface area contributed by atoms with Crippen LogP contribution in [0.2, 0.25) is 5.02 Å². The molecule has 0 saturated carbocycles. The molecule has 0 fully saturated rings. The van der Waals surface area contributed by atoms with Crippen molar-refractivity contribution in [3.63, 3.8) is 0 Å². The second-order valence-electron chi connectivity index (χ2n) is 5.61. The number of fused-ring (bicyclic) bond motifs is 1. The van der Waals surface area contributed by atoms with Gasteiger partial charge in [0.1, 0.15) is 5.52 Å². The van der Waals surface area contributed by atoms with Crippen LogP contribution < -0.4 is 22.5 Å². The fourth-order valence-electron chi connectivity index (χ4n) is 2.65. The van der Waals surface area contributed by atoms with Crippen LogP contribution in [-0.2, 0) is 22.3 Å². The number of ether oxygens (including phenoxy) is 2. The zero-order valence-electron chi connectivity index (χ0n) is 14.5. The SMILES string of the molecule is Cn1nnc2ccc(C(OC(=O)NN)(OC(=O)NN)c3ccc(Cl)cc3)cc21. The highest BCUT2D eigenvalue weighted by molar-refractivity contribution is 6.30. The van der Waals surface area contributed by atoms with Crippen molar-refractivity contribution < 1.29 is 19.1 Å². The van der Waals surface area contributed by atoms with Gasteiger partial charge < -0.3 is 9.47 Å².